The molecule has 0 atom stereocenters. The largest absolute Gasteiger partial charge is 0.519 e. The highest BCUT2D eigenvalue weighted by Crippen LogP contribution is 2.36. The SMILES string of the molecule is COc1ccc(/C(=C\c2ccc(N(c3ccc(C)cc3)c3ccc(C)cc3)cc2)c2ccc(OC(=O)Oc3ccc(C(=O)OCCOCCOC(=O)c4ccc(OC(C)=O)cc4)cc3)cc2)cc1. The third-order valence-corrected chi connectivity index (χ3v) is 10.4. The second-order valence-electron chi connectivity index (χ2n) is 15.4. The van der Waals surface area contributed by atoms with Crippen molar-refractivity contribution in [2.24, 2.45) is 0 Å². The normalized spacial score (nSPS) is 11.0. The first-order valence-corrected chi connectivity index (χ1v) is 21.7. The van der Waals surface area contributed by atoms with Gasteiger partial charge in [0.05, 0.1) is 31.5 Å². The summed E-state index contributed by atoms with van der Waals surface area (Å²) in [5, 5.41) is 0. The van der Waals surface area contributed by atoms with Gasteiger partial charge in [-0.2, -0.15) is 0 Å². The maximum Gasteiger partial charge on any atom is 0.519 e. The van der Waals surface area contributed by atoms with Gasteiger partial charge in [-0.15, -0.1) is 0 Å². The van der Waals surface area contributed by atoms with Gasteiger partial charge in [0.1, 0.15) is 36.2 Å². The Kier molecular flexibility index (Phi) is 16.1. The van der Waals surface area contributed by atoms with Crippen molar-refractivity contribution in [3.05, 3.63) is 209 Å². The van der Waals surface area contributed by atoms with Gasteiger partial charge < -0.3 is 38.1 Å². The highest BCUT2D eigenvalue weighted by Gasteiger charge is 2.15. The molecule has 0 radical (unpaired) electrons. The minimum absolute atomic E-state index is 0.0161. The van der Waals surface area contributed by atoms with Crippen molar-refractivity contribution in [3.8, 4) is 23.0 Å². The Bertz CT molecular complexity index is 2780. The second kappa shape index (κ2) is 23.1. The quantitative estimate of drug-likeness (QED) is 0.0266. The van der Waals surface area contributed by atoms with Crippen LogP contribution in [0.1, 0.15) is 55.5 Å². The molecule has 0 bridgehead atoms. The molecule has 0 aliphatic heterocycles. The Labute approximate surface area is 394 Å². The number of benzene rings is 7. The minimum atomic E-state index is -0.954. The molecule has 12 heteroatoms. The first-order chi connectivity index (χ1) is 33.0. The molecule has 0 heterocycles. The summed E-state index contributed by atoms with van der Waals surface area (Å²) in [6.07, 6.45) is 1.16. The zero-order valence-electron chi connectivity index (χ0n) is 38.0. The van der Waals surface area contributed by atoms with E-state index in [1.165, 1.54) is 66.6 Å². The summed E-state index contributed by atoms with van der Waals surface area (Å²) < 4.78 is 37.1. The number of rotatable bonds is 18. The van der Waals surface area contributed by atoms with E-state index in [1.807, 2.05) is 36.4 Å². The second-order valence-corrected chi connectivity index (χ2v) is 15.4. The Hall–Kier alpha value is -8.48. The molecule has 0 fully saturated rings. The standard InChI is InChI=1S/C56H49NO11/c1-38-5-19-46(20-6-38)57(47-21-7-39(2)8-22-47)48-23-9-41(10-24-48)37-53(42-11-25-49(62-4)26-12-42)43-13-27-51(28-14-43)67-56(61)68-52-31-17-45(18-32-52)55(60)65-36-34-63-33-35-64-54(59)44-15-29-50(30-16-44)66-40(3)58/h5-32,37H,33-36H2,1-4H3/b53-37+. The molecule has 12 nitrogen and oxygen atoms in total. The van der Waals surface area contributed by atoms with Gasteiger partial charge >= 0.3 is 24.1 Å². The maximum absolute atomic E-state index is 12.8. The number of hydrogen-bond donors (Lipinski definition) is 0. The lowest BCUT2D eigenvalue weighted by Crippen LogP contribution is -2.15. The Morgan fingerprint density at radius 3 is 1.21 bits per heavy atom. The number of carbonyl (C=O) groups is 4. The molecule has 0 spiro atoms. The van der Waals surface area contributed by atoms with E-state index in [1.54, 1.807) is 19.2 Å². The number of esters is 3. The molecule has 0 aromatic heterocycles. The van der Waals surface area contributed by atoms with Crippen molar-refractivity contribution in [2.75, 3.05) is 38.4 Å². The van der Waals surface area contributed by atoms with E-state index in [0.717, 1.165) is 45.1 Å². The van der Waals surface area contributed by atoms with Crippen molar-refractivity contribution >= 4 is 52.8 Å². The van der Waals surface area contributed by atoms with Crippen molar-refractivity contribution in [2.45, 2.75) is 20.8 Å². The van der Waals surface area contributed by atoms with Crippen molar-refractivity contribution in [3.63, 3.8) is 0 Å². The van der Waals surface area contributed by atoms with Gasteiger partial charge in [0.15, 0.2) is 0 Å². The van der Waals surface area contributed by atoms with Crippen LogP contribution in [0.25, 0.3) is 11.6 Å². The molecule has 0 aliphatic carbocycles. The number of anilines is 3. The maximum atomic E-state index is 12.8. The van der Waals surface area contributed by atoms with Gasteiger partial charge in [-0.05, 0) is 151 Å². The summed E-state index contributed by atoms with van der Waals surface area (Å²) in [6, 6.07) is 52.2. The Balaban J connectivity index is 0.918. The molecular weight excluding hydrogens is 863 g/mol. The lowest BCUT2D eigenvalue weighted by Gasteiger charge is -2.26. The van der Waals surface area contributed by atoms with Crippen LogP contribution in [0.3, 0.4) is 0 Å². The summed E-state index contributed by atoms with van der Waals surface area (Å²) in [4.78, 5) is 50.9. The molecule has 0 N–H and O–H groups in total. The molecule has 0 saturated carbocycles. The lowest BCUT2D eigenvalue weighted by atomic mass is 9.95. The zero-order chi connectivity index (χ0) is 47.8. The molecule has 7 rings (SSSR count). The van der Waals surface area contributed by atoms with Gasteiger partial charge in [-0.25, -0.2) is 14.4 Å². The van der Waals surface area contributed by atoms with E-state index in [9.17, 15) is 19.2 Å². The number of ether oxygens (including phenoxy) is 7. The molecule has 0 saturated heterocycles. The number of hydrogen-bond acceptors (Lipinski definition) is 12. The van der Waals surface area contributed by atoms with Crippen molar-refractivity contribution in [1.82, 2.24) is 0 Å². The summed E-state index contributed by atoms with van der Waals surface area (Å²) in [6.45, 7) is 5.55. The van der Waals surface area contributed by atoms with Crippen LogP contribution in [0.4, 0.5) is 21.9 Å². The van der Waals surface area contributed by atoms with Crippen LogP contribution < -0.4 is 23.8 Å². The first kappa shape index (κ1) is 47.5. The van der Waals surface area contributed by atoms with Gasteiger partial charge in [-0.1, -0.05) is 71.8 Å². The number of aryl methyl sites for hydroxylation is 2. The average molecular weight is 912 g/mol. The zero-order valence-corrected chi connectivity index (χ0v) is 38.0. The fourth-order valence-corrected chi connectivity index (χ4v) is 6.88. The molecule has 7 aromatic carbocycles. The molecule has 0 unspecified atom stereocenters. The van der Waals surface area contributed by atoms with Gasteiger partial charge in [0.25, 0.3) is 0 Å². The monoisotopic (exact) mass is 911 g/mol. The summed E-state index contributed by atoms with van der Waals surface area (Å²) in [5.41, 5.74) is 9.82. The number of carbonyl (C=O) groups excluding carboxylic acids is 4. The molecule has 344 valence electrons. The van der Waals surface area contributed by atoms with Crippen molar-refractivity contribution < 1.29 is 52.3 Å². The van der Waals surface area contributed by atoms with Crippen LogP contribution in [0.15, 0.2) is 170 Å². The Morgan fingerprint density at radius 2 is 0.809 bits per heavy atom. The van der Waals surface area contributed by atoms with E-state index in [-0.39, 0.29) is 49.1 Å². The smallest absolute Gasteiger partial charge is 0.497 e. The third-order valence-electron chi connectivity index (χ3n) is 10.4. The van der Waals surface area contributed by atoms with Crippen LogP contribution in [-0.2, 0) is 19.0 Å². The van der Waals surface area contributed by atoms with E-state index in [4.69, 9.17) is 33.2 Å². The van der Waals surface area contributed by atoms with E-state index in [2.05, 4.69) is 97.6 Å². The lowest BCUT2D eigenvalue weighted by molar-refractivity contribution is -0.131. The van der Waals surface area contributed by atoms with E-state index < -0.39 is 24.1 Å². The third kappa shape index (κ3) is 13.3. The van der Waals surface area contributed by atoms with Gasteiger partial charge in [-0.3, -0.25) is 4.79 Å². The molecule has 0 amide bonds. The average Bonchev–Trinajstić information content (AvgIpc) is 3.35. The number of methoxy groups -OCH3 is 1. The van der Waals surface area contributed by atoms with Crippen LogP contribution in [0.5, 0.6) is 23.0 Å². The predicted octanol–water partition coefficient (Wildman–Crippen LogP) is 11.9. The van der Waals surface area contributed by atoms with Gasteiger partial charge in [0.2, 0.25) is 0 Å². The van der Waals surface area contributed by atoms with Crippen LogP contribution >= 0.6 is 0 Å². The summed E-state index contributed by atoms with van der Waals surface area (Å²) >= 11 is 0. The van der Waals surface area contributed by atoms with E-state index in [0.29, 0.717) is 5.75 Å². The molecule has 0 aliphatic rings. The first-order valence-electron chi connectivity index (χ1n) is 21.7. The van der Waals surface area contributed by atoms with Crippen LogP contribution in [0, 0.1) is 13.8 Å². The summed E-state index contributed by atoms with van der Waals surface area (Å²) in [7, 11) is 1.63. The topological polar surface area (TPSA) is 136 Å². The Morgan fingerprint density at radius 1 is 0.441 bits per heavy atom. The highest BCUT2D eigenvalue weighted by atomic mass is 16.7. The van der Waals surface area contributed by atoms with Gasteiger partial charge in [0, 0.05) is 24.0 Å². The fourth-order valence-electron chi connectivity index (χ4n) is 6.88. The molecule has 7 aromatic rings. The molecular formula is C56H49NO11. The highest BCUT2D eigenvalue weighted by molar-refractivity contribution is 5.92. The fraction of sp³-hybridized carbons (Fsp3) is 0.143. The minimum Gasteiger partial charge on any atom is -0.497 e. The number of nitrogens with zero attached hydrogens (tertiary/aromatic N) is 1. The van der Waals surface area contributed by atoms with Crippen LogP contribution in [0.2, 0.25) is 0 Å². The summed E-state index contributed by atoms with van der Waals surface area (Å²) in [5.74, 6) is -0.129. The molecule has 68 heavy (non-hydrogen) atoms. The van der Waals surface area contributed by atoms with Crippen LogP contribution in [-0.4, -0.2) is 57.6 Å². The van der Waals surface area contributed by atoms with E-state index >= 15 is 0 Å². The predicted molar refractivity (Wildman–Crippen MR) is 259 cm³/mol. The van der Waals surface area contributed by atoms with Crippen molar-refractivity contribution in [1.29, 1.82) is 0 Å².